The zero-order valence-electron chi connectivity index (χ0n) is 11.5. The summed E-state index contributed by atoms with van der Waals surface area (Å²) >= 11 is 0. The van der Waals surface area contributed by atoms with Crippen molar-refractivity contribution in [2.75, 3.05) is 0 Å². The number of benzene rings is 2. The summed E-state index contributed by atoms with van der Waals surface area (Å²) in [5.41, 5.74) is 3.38. The van der Waals surface area contributed by atoms with Gasteiger partial charge in [0.25, 0.3) is 0 Å². The van der Waals surface area contributed by atoms with Crippen LogP contribution in [-0.4, -0.2) is 5.11 Å². The van der Waals surface area contributed by atoms with Crippen LogP contribution in [-0.2, 0) is 6.42 Å². The van der Waals surface area contributed by atoms with Gasteiger partial charge in [0.05, 0.1) is 0 Å². The van der Waals surface area contributed by atoms with Crippen molar-refractivity contribution in [3.63, 3.8) is 0 Å². The van der Waals surface area contributed by atoms with Crippen LogP contribution in [0.25, 0.3) is 11.0 Å². The minimum absolute atomic E-state index is 0.554. The van der Waals surface area contributed by atoms with Crippen LogP contribution in [0.15, 0.2) is 59.0 Å². The van der Waals surface area contributed by atoms with Gasteiger partial charge in [-0.05, 0) is 43.0 Å². The van der Waals surface area contributed by atoms with Gasteiger partial charge < -0.3 is 9.52 Å². The summed E-state index contributed by atoms with van der Waals surface area (Å²) in [6, 6.07) is 18.0. The van der Waals surface area contributed by atoms with Crippen LogP contribution >= 0.6 is 0 Å². The van der Waals surface area contributed by atoms with Gasteiger partial charge in [-0.15, -0.1) is 0 Å². The standard InChI is InChI=1S/C18H18O2/c1-13-6-2-3-7-14(13)10-11-16(19)18-12-15-8-4-5-9-17(15)20-18/h2-9,12,16,19H,10-11H2,1H3. The van der Waals surface area contributed by atoms with E-state index in [1.807, 2.05) is 42.5 Å². The number of aliphatic hydroxyl groups excluding tert-OH is 1. The molecular formula is C18H18O2. The van der Waals surface area contributed by atoms with E-state index in [-0.39, 0.29) is 0 Å². The second-order valence-corrected chi connectivity index (χ2v) is 5.17. The maximum absolute atomic E-state index is 10.3. The number of aryl methyl sites for hydroxylation is 2. The molecular weight excluding hydrogens is 248 g/mol. The molecule has 102 valence electrons. The fourth-order valence-corrected chi connectivity index (χ4v) is 2.49. The molecule has 2 aromatic carbocycles. The Labute approximate surface area is 118 Å². The molecule has 3 aromatic rings. The summed E-state index contributed by atoms with van der Waals surface area (Å²) in [7, 11) is 0. The van der Waals surface area contributed by atoms with Crippen LogP contribution < -0.4 is 0 Å². The van der Waals surface area contributed by atoms with E-state index in [0.717, 1.165) is 17.4 Å². The molecule has 0 aliphatic heterocycles. The molecule has 1 unspecified atom stereocenters. The molecule has 1 N–H and O–H groups in total. The molecule has 20 heavy (non-hydrogen) atoms. The van der Waals surface area contributed by atoms with Gasteiger partial charge in [0.2, 0.25) is 0 Å². The highest BCUT2D eigenvalue weighted by Crippen LogP contribution is 2.26. The predicted molar refractivity (Wildman–Crippen MR) is 80.7 cm³/mol. The highest BCUT2D eigenvalue weighted by Gasteiger charge is 2.13. The first kappa shape index (κ1) is 12.9. The quantitative estimate of drug-likeness (QED) is 0.759. The van der Waals surface area contributed by atoms with Gasteiger partial charge in [-0.2, -0.15) is 0 Å². The number of hydrogen-bond donors (Lipinski definition) is 1. The van der Waals surface area contributed by atoms with E-state index in [4.69, 9.17) is 4.42 Å². The maximum Gasteiger partial charge on any atom is 0.134 e. The fourth-order valence-electron chi connectivity index (χ4n) is 2.49. The molecule has 0 spiro atoms. The summed E-state index contributed by atoms with van der Waals surface area (Å²) in [4.78, 5) is 0. The summed E-state index contributed by atoms with van der Waals surface area (Å²) in [5, 5.41) is 11.3. The van der Waals surface area contributed by atoms with E-state index < -0.39 is 6.10 Å². The second-order valence-electron chi connectivity index (χ2n) is 5.17. The number of fused-ring (bicyclic) bond motifs is 1. The molecule has 0 fully saturated rings. The van der Waals surface area contributed by atoms with E-state index in [9.17, 15) is 5.11 Å². The second kappa shape index (κ2) is 5.51. The molecule has 1 heterocycles. The van der Waals surface area contributed by atoms with Crippen molar-refractivity contribution >= 4 is 11.0 Å². The Hall–Kier alpha value is -2.06. The smallest absolute Gasteiger partial charge is 0.134 e. The Morgan fingerprint density at radius 2 is 1.80 bits per heavy atom. The van der Waals surface area contributed by atoms with Crippen LogP contribution in [0.3, 0.4) is 0 Å². The molecule has 1 aromatic heterocycles. The van der Waals surface area contributed by atoms with E-state index >= 15 is 0 Å². The molecule has 0 aliphatic rings. The van der Waals surface area contributed by atoms with Crippen LogP contribution in [0.2, 0.25) is 0 Å². The zero-order valence-corrected chi connectivity index (χ0v) is 11.5. The first-order valence-electron chi connectivity index (χ1n) is 6.95. The van der Waals surface area contributed by atoms with E-state index in [0.29, 0.717) is 12.2 Å². The average Bonchev–Trinajstić information content (AvgIpc) is 2.90. The Bertz CT molecular complexity index is 679. The molecule has 0 saturated carbocycles. The van der Waals surface area contributed by atoms with Crippen LogP contribution in [0, 0.1) is 6.92 Å². The molecule has 2 nitrogen and oxygen atoms in total. The lowest BCUT2D eigenvalue weighted by Gasteiger charge is -2.09. The van der Waals surface area contributed by atoms with Crippen LogP contribution in [0.5, 0.6) is 0 Å². The molecule has 0 radical (unpaired) electrons. The van der Waals surface area contributed by atoms with E-state index in [2.05, 4.69) is 19.1 Å². The van der Waals surface area contributed by atoms with Crippen molar-refractivity contribution in [1.29, 1.82) is 0 Å². The molecule has 1 atom stereocenters. The Kier molecular flexibility index (Phi) is 3.57. The third-order valence-corrected chi connectivity index (χ3v) is 3.72. The molecule has 0 amide bonds. The number of rotatable bonds is 4. The van der Waals surface area contributed by atoms with Crippen molar-refractivity contribution in [2.24, 2.45) is 0 Å². The van der Waals surface area contributed by atoms with Gasteiger partial charge >= 0.3 is 0 Å². The predicted octanol–water partition coefficient (Wildman–Crippen LogP) is 4.41. The van der Waals surface area contributed by atoms with Gasteiger partial charge in [-0.25, -0.2) is 0 Å². The van der Waals surface area contributed by atoms with Gasteiger partial charge in [-0.3, -0.25) is 0 Å². The molecule has 0 bridgehead atoms. The lowest BCUT2D eigenvalue weighted by molar-refractivity contribution is 0.143. The van der Waals surface area contributed by atoms with E-state index in [1.54, 1.807) is 0 Å². The number of para-hydroxylation sites is 1. The topological polar surface area (TPSA) is 33.4 Å². The highest BCUT2D eigenvalue weighted by molar-refractivity contribution is 5.77. The number of furan rings is 1. The zero-order chi connectivity index (χ0) is 13.9. The highest BCUT2D eigenvalue weighted by atomic mass is 16.4. The summed E-state index contributed by atoms with van der Waals surface area (Å²) in [5.74, 6) is 0.653. The number of aliphatic hydroxyl groups is 1. The normalized spacial score (nSPS) is 12.7. The third kappa shape index (κ3) is 2.61. The Morgan fingerprint density at radius 3 is 2.60 bits per heavy atom. The summed E-state index contributed by atoms with van der Waals surface area (Å²) < 4.78 is 5.70. The Morgan fingerprint density at radius 1 is 1.05 bits per heavy atom. The largest absolute Gasteiger partial charge is 0.458 e. The van der Waals surface area contributed by atoms with Crippen molar-refractivity contribution in [3.8, 4) is 0 Å². The third-order valence-electron chi connectivity index (χ3n) is 3.72. The van der Waals surface area contributed by atoms with Crippen molar-refractivity contribution < 1.29 is 9.52 Å². The monoisotopic (exact) mass is 266 g/mol. The SMILES string of the molecule is Cc1ccccc1CCC(O)c1cc2ccccc2o1. The molecule has 0 saturated heterocycles. The first-order chi connectivity index (χ1) is 9.74. The lowest BCUT2D eigenvalue weighted by Crippen LogP contribution is -1.99. The summed E-state index contributed by atoms with van der Waals surface area (Å²) in [6.45, 7) is 2.10. The minimum Gasteiger partial charge on any atom is -0.458 e. The number of hydrogen-bond acceptors (Lipinski definition) is 2. The van der Waals surface area contributed by atoms with Gasteiger partial charge in [0, 0.05) is 5.39 Å². The van der Waals surface area contributed by atoms with Gasteiger partial charge in [0.15, 0.2) is 0 Å². The van der Waals surface area contributed by atoms with Crippen LogP contribution in [0.4, 0.5) is 0 Å². The van der Waals surface area contributed by atoms with Crippen molar-refractivity contribution in [3.05, 3.63) is 71.5 Å². The Balaban J connectivity index is 1.73. The molecule has 0 aliphatic carbocycles. The minimum atomic E-state index is -0.554. The molecule has 3 rings (SSSR count). The van der Waals surface area contributed by atoms with Gasteiger partial charge in [0.1, 0.15) is 17.4 Å². The van der Waals surface area contributed by atoms with Crippen molar-refractivity contribution in [2.45, 2.75) is 25.9 Å². The first-order valence-corrected chi connectivity index (χ1v) is 6.95. The molecule has 2 heteroatoms. The van der Waals surface area contributed by atoms with Crippen molar-refractivity contribution in [1.82, 2.24) is 0 Å². The van der Waals surface area contributed by atoms with Gasteiger partial charge in [-0.1, -0.05) is 42.5 Å². The summed E-state index contributed by atoms with van der Waals surface area (Å²) in [6.07, 6.45) is 0.970. The fraction of sp³-hybridized carbons (Fsp3) is 0.222. The van der Waals surface area contributed by atoms with E-state index in [1.165, 1.54) is 11.1 Å². The average molecular weight is 266 g/mol. The van der Waals surface area contributed by atoms with Crippen LogP contribution in [0.1, 0.15) is 29.4 Å². The maximum atomic E-state index is 10.3. The lowest BCUT2D eigenvalue weighted by atomic mass is 10.0.